The van der Waals surface area contributed by atoms with Gasteiger partial charge in [-0.2, -0.15) is 0 Å². The molecule has 144 valence electrons. The van der Waals surface area contributed by atoms with Crippen molar-refractivity contribution >= 4 is 29.3 Å². The van der Waals surface area contributed by atoms with Crippen LogP contribution in [0.4, 0.5) is 0 Å². The average molecular weight is 413 g/mol. The summed E-state index contributed by atoms with van der Waals surface area (Å²) in [7, 11) is 1.98. The smallest absolute Gasteiger partial charge is 0.230 e. The maximum Gasteiger partial charge on any atom is 0.230 e. The van der Waals surface area contributed by atoms with E-state index in [0.717, 1.165) is 23.0 Å². The van der Waals surface area contributed by atoms with E-state index in [2.05, 4.69) is 39.8 Å². The monoisotopic (exact) mass is 412 g/mol. The number of halogens is 1. The number of nitrogens with one attached hydrogen (secondary N) is 1. The highest BCUT2D eigenvalue weighted by Crippen LogP contribution is 2.54. The molecule has 0 radical (unpaired) electrons. The fourth-order valence-corrected chi connectivity index (χ4v) is 4.18. The number of amides is 1. The predicted molar refractivity (Wildman–Crippen MR) is 112 cm³/mol. The third-order valence-electron chi connectivity index (χ3n) is 4.95. The molecule has 7 heteroatoms. The van der Waals surface area contributed by atoms with Gasteiger partial charge in [-0.05, 0) is 35.6 Å². The van der Waals surface area contributed by atoms with Crippen LogP contribution >= 0.6 is 23.4 Å². The standard InChI is InChI=1S/C21H21ClN4OS/c1-26-20(18-11-17(18)15-5-3-2-4-6-15)24-25-21(26)28-13-19(27)23-12-14-7-9-16(22)10-8-14/h2-10,17-18H,11-13H2,1H3,(H,23,27). The molecular weight excluding hydrogens is 392 g/mol. The van der Waals surface area contributed by atoms with E-state index < -0.39 is 0 Å². The molecule has 1 aliphatic carbocycles. The van der Waals surface area contributed by atoms with Crippen molar-refractivity contribution in [3.05, 3.63) is 76.6 Å². The van der Waals surface area contributed by atoms with Crippen LogP contribution in [0.25, 0.3) is 0 Å². The van der Waals surface area contributed by atoms with Crippen molar-refractivity contribution < 1.29 is 4.79 Å². The largest absolute Gasteiger partial charge is 0.351 e. The number of carbonyl (C=O) groups excluding carboxylic acids is 1. The van der Waals surface area contributed by atoms with E-state index in [9.17, 15) is 4.79 Å². The van der Waals surface area contributed by atoms with Gasteiger partial charge in [0.05, 0.1) is 5.75 Å². The zero-order valence-corrected chi connectivity index (χ0v) is 17.1. The van der Waals surface area contributed by atoms with Crippen LogP contribution in [0.2, 0.25) is 5.02 Å². The first-order valence-electron chi connectivity index (χ1n) is 9.20. The summed E-state index contributed by atoms with van der Waals surface area (Å²) in [5.41, 5.74) is 2.37. The van der Waals surface area contributed by atoms with Gasteiger partial charge in [0.2, 0.25) is 5.91 Å². The van der Waals surface area contributed by atoms with Crippen LogP contribution in [0.1, 0.15) is 35.2 Å². The van der Waals surface area contributed by atoms with Crippen LogP contribution in [-0.4, -0.2) is 26.4 Å². The quantitative estimate of drug-likeness (QED) is 0.592. The van der Waals surface area contributed by atoms with Gasteiger partial charge < -0.3 is 9.88 Å². The predicted octanol–water partition coefficient (Wildman–Crippen LogP) is 4.15. The maximum atomic E-state index is 12.1. The minimum atomic E-state index is -0.0296. The Labute approximate surface area is 173 Å². The fourth-order valence-electron chi connectivity index (χ4n) is 3.31. The molecule has 0 spiro atoms. The summed E-state index contributed by atoms with van der Waals surface area (Å²) >= 11 is 7.29. The Kier molecular flexibility index (Phi) is 5.69. The first kappa shape index (κ1) is 19.0. The summed E-state index contributed by atoms with van der Waals surface area (Å²) in [5.74, 6) is 2.21. The number of benzene rings is 2. The second-order valence-electron chi connectivity index (χ2n) is 6.95. The Morgan fingerprint density at radius 3 is 2.64 bits per heavy atom. The molecule has 0 aliphatic heterocycles. The summed E-state index contributed by atoms with van der Waals surface area (Å²) in [5, 5.41) is 13.0. The Balaban J connectivity index is 1.29. The minimum absolute atomic E-state index is 0.0296. The Bertz CT molecular complexity index is 958. The number of thioether (sulfide) groups is 1. The molecule has 5 nitrogen and oxygen atoms in total. The lowest BCUT2D eigenvalue weighted by Gasteiger charge is -2.06. The number of aromatic nitrogens is 3. The lowest BCUT2D eigenvalue weighted by Crippen LogP contribution is -2.24. The molecule has 2 aromatic carbocycles. The number of hydrogen-bond acceptors (Lipinski definition) is 4. The molecule has 1 saturated carbocycles. The Morgan fingerprint density at radius 1 is 1.14 bits per heavy atom. The number of hydrogen-bond donors (Lipinski definition) is 1. The Morgan fingerprint density at radius 2 is 1.89 bits per heavy atom. The minimum Gasteiger partial charge on any atom is -0.351 e. The number of rotatable bonds is 7. The number of nitrogens with zero attached hydrogens (tertiary/aromatic N) is 3. The highest BCUT2D eigenvalue weighted by Gasteiger charge is 2.42. The molecule has 1 fully saturated rings. The van der Waals surface area contributed by atoms with Gasteiger partial charge in [0, 0.05) is 24.5 Å². The van der Waals surface area contributed by atoms with Crippen molar-refractivity contribution in [3.8, 4) is 0 Å². The van der Waals surface area contributed by atoms with Crippen molar-refractivity contribution in [2.45, 2.75) is 30.0 Å². The van der Waals surface area contributed by atoms with E-state index in [-0.39, 0.29) is 5.91 Å². The fraction of sp³-hybridized carbons (Fsp3) is 0.286. The maximum absolute atomic E-state index is 12.1. The van der Waals surface area contributed by atoms with E-state index in [0.29, 0.717) is 29.2 Å². The summed E-state index contributed by atoms with van der Waals surface area (Å²) in [6.07, 6.45) is 1.10. The van der Waals surface area contributed by atoms with Crippen LogP contribution in [0.5, 0.6) is 0 Å². The molecule has 2 unspecified atom stereocenters. The molecule has 1 aliphatic rings. The van der Waals surface area contributed by atoms with Crippen LogP contribution in [-0.2, 0) is 18.4 Å². The SMILES string of the molecule is Cn1c(SCC(=O)NCc2ccc(Cl)cc2)nnc1C1CC1c1ccccc1. The van der Waals surface area contributed by atoms with Gasteiger partial charge in [-0.15, -0.1) is 10.2 Å². The lowest BCUT2D eigenvalue weighted by atomic mass is 10.1. The zero-order chi connectivity index (χ0) is 19.5. The summed E-state index contributed by atoms with van der Waals surface area (Å²) in [4.78, 5) is 12.1. The van der Waals surface area contributed by atoms with Crippen molar-refractivity contribution in [2.24, 2.45) is 7.05 Å². The molecule has 0 bridgehead atoms. The molecule has 0 saturated heterocycles. The van der Waals surface area contributed by atoms with Crippen molar-refractivity contribution in [2.75, 3.05) is 5.75 Å². The van der Waals surface area contributed by atoms with Crippen LogP contribution in [0.15, 0.2) is 59.8 Å². The third kappa shape index (κ3) is 4.39. The average Bonchev–Trinajstić information content (AvgIpc) is 3.43. The molecule has 2 atom stereocenters. The van der Waals surface area contributed by atoms with E-state index in [1.807, 2.05) is 41.9 Å². The van der Waals surface area contributed by atoms with Gasteiger partial charge in [-0.3, -0.25) is 4.79 Å². The highest BCUT2D eigenvalue weighted by molar-refractivity contribution is 7.99. The number of carbonyl (C=O) groups is 1. The molecular formula is C21H21ClN4OS. The van der Waals surface area contributed by atoms with Gasteiger partial charge in [0.1, 0.15) is 5.82 Å². The van der Waals surface area contributed by atoms with Gasteiger partial charge in [0.15, 0.2) is 5.16 Å². The topological polar surface area (TPSA) is 59.8 Å². The van der Waals surface area contributed by atoms with E-state index in [4.69, 9.17) is 11.6 Å². The van der Waals surface area contributed by atoms with Gasteiger partial charge in [-0.1, -0.05) is 65.8 Å². The van der Waals surface area contributed by atoms with E-state index in [1.165, 1.54) is 17.3 Å². The first-order chi connectivity index (χ1) is 13.6. The van der Waals surface area contributed by atoms with Crippen LogP contribution < -0.4 is 5.32 Å². The van der Waals surface area contributed by atoms with Crippen LogP contribution in [0, 0.1) is 0 Å². The Hall–Kier alpha value is -2.31. The zero-order valence-electron chi connectivity index (χ0n) is 15.5. The second kappa shape index (κ2) is 8.37. The lowest BCUT2D eigenvalue weighted by molar-refractivity contribution is -0.118. The molecule has 1 aromatic heterocycles. The van der Waals surface area contributed by atoms with E-state index >= 15 is 0 Å². The first-order valence-corrected chi connectivity index (χ1v) is 10.6. The third-order valence-corrected chi connectivity index (χ3v) is 6.23. The van der Waals surface area contributed by atoms with Crippen molar-refractivity contribution in [1.82, 2.24) is 20.1 Å². The molecule has 4 rings (SSSR count). The van der Waals surface area contributed by atoms with Gasteiger partial charge in [-0.25, -0.2) is 0 Å². The van der Waals surface area contributed by atoms with Crippen LogP contribution in [0.3, 0.4) is 0 Å². The molecule has 1 amide bonds. The van der Waals surface area contributed by atoms with Crippen molar-refractivity contribution in [1.29, 1.82) is 0 Å². The molecule has 28 heavy (non-hydrogen) atoms. The molecule has 1 N–H and O–H groups in total. The van der Waals surface area contributed by atoms with Gasteiger partial charge in [0.25, 0.3) is 0 Å². The summed E-state index contributed by atoms with van der Waals surface area (Å²) in [6, 6.07) is 18.0. The van der Waals surface area contributed by atoms with Gasteiger partial charge >= 0.3 is 0 Å². The normalized spacial score (nSPS) is 18.1. The molecule has 3 aromatic rings. The highest BCUT2D eigenvalue weighted by atomic mass is 35.5. The van der Waals surface area contributed by atoms with Crippen molar-refractivity contribution in [3.63, 3.8) is 0 Å². The van der Waals surface area contributed by atoms with E-state index in [1.54, 1.807) is 0 Å². The second-order valence-corrected chi connectivity index (χ2v) is 8.33. The summed E-state index contributed by atoms with van der Waals surface area (Å²) < 4.78 is 2.02. The summed E-state index contributed by atoms with van der Waals surface area (Å²) in [6.45, 7) is 0.488. The molecule has 1 heterocycles.